The molecule has 1 amide bonds. The second kappa shape index (κ2) is 6.25. The number of nitrogens with one attached hydrogen (secondary N) is 1. The summed E-state index contributed by atoms with van der Waals surface area (Å²) in [6.45, 7) is 0. The lowest BCUT2D eigenvalue weighted by Gasteiger charge is -2.11. The van der Waals surface area contributed by atoms with E-state index in [0.717, 1.165) is 21.9 Å². The second-order valence-corrected chi connectivity index (χ2v) is 6.28. The summed E-state index contributed by atoms with van der Waals surface area (Å²) in [7, 11) is 1.59. The van der Waals surface area contributed by atoms with E-state index < -0.39 is 12.1 Å². The molecule has 3 N–H and O–H groups in total. The molecule has 2 aromatic heterocycles. The van der Waals surface area contributed by atoms with Crippen LogP contribution in [-0.4, -0.2) is 29.2 Å². The molecule has 1 saturated carbocycles. The van der Waals surface area contributed by atoms with Crippen LogP contribution in [0.5, 0.6) is 5.75 Å². The zero-order valence-electron chi connectivity index (χ0n) is 14.1. The molecular formula is C19H17FN4O2. The summed E-state index contributed by atoms with van der Waals surface area (Å²) in [5, 5.41) is 4.24. The maximum absolute atomic E-state index is 13.0. The van der Waals surface area contributed by atoms with Gasteiger partial charge in [0.15, 0.2) is 0 Å². The number of hydrogen-bond acceptors (Lipinski definition) is 5. The average molecular weight is 352 g/mol. The molecule has 7 heteroatoms. The number of hydrogen-bond donors (Lipinski definition) is 2. The quantitative estimate of drug-likeness (QED) is 0.704. The van der Waals surface area contributed by atoms with E-state index in [2.05, 4.69) is 15.3 Å². The Balaban J connectivity index is 1.73. The van der Waals surface area contributed by atoms with Crippen LogP contribution >= 0.6 is 0 Å². The minimum Gasteiger partial charge on any atom is -0.496 e. The first-order valence-corrected chi connectivity index (χ1v) is 8.19. The summed E-state index contributed by atoms with van der Waals surface area (Å²) in [6, 6.07) is 7.26. The number of methoxy groups -OCH3 is 1. The molecule has 0 spiro atoms. The van der Waals surface area contributed by atoms with E-state index in [4.69, 9.17) is 10.5 Å². The smallest absolute Gasteiger partial charge is 0.231 e. The van der Waals surface area contributed by atoms with Crippen molar-refractivity contribution in [1.82, 2.24) is 9.97 Å². The van der Waals surface area contributed by atoms with Crippen LogP contribution in [0.15, 0.2) is 42.9 Å². The molecule has 0 bridgehead atoms. The highest BCUT2D eigenvalue weighted by molar-refractivity contribution is 6.00. The highest BCUT2D eigenvalue weighted by atomic mass is 19.1. The highest BCUT2D eigenvalue weighted by Crippen LogP contribution is 2.36. The molecule has 0 radical (unpaired) electrons. The third kappa shape index (κ3) is 2.92. The van der Waals surface area contributed by atoms with Crippen LogP contribution in [-0.2, 0) is 4.79 Å². The van der Waals surface area contributed by atoms with E-state index in [1.165, 1.54) is 0 Å². The fourth-order valence-electron chi connectivity index (χ4n) is 2.94. The van der Waals surface area contributed by atoms with Crippen molar-refractivity contribution in [3.8, 4) is 16.9 Å². The molecule has 1 aliphatic rings. The van der Waals surface area contributed by atoms with Gasteiger partial charge in [0.2, 0.25) is 5.91 Å². The van der Waals surface area contributed by atoms with Crippen molar-refractivity contribution in [2.75, 3.05) is 18.2 Å². The van der Waals surface area contributed by atoms with Crippen LogP contribution in [0.1, 0.15) is 6.42 Å². The molecule has 26 heavy (non-hydrogen) atoms. The summed E-state index contributed by atoms with van der Waals surface area (Å²) in [5.41, 5.74) is 8.38. The Morgan fingerprint density at radius 3 is 2.88 bits per heavy atom. The molecule has 4 rings (SSSR count). The molecule has 1 aromatic carbocycles. The number of nitrogen functional groups attached to an aromatic ring is 1. The Bertz CT molecular complexity index is 1010. The fourth-order valence-corrected chi connectivity index (χ4v) is 2.94. The Morgan fingerprint density at radius 1 is 1.35 bits per heavy atom. The van der Waals surface area contributed by atoms with Gasteiger partial charge in [0, 0.05) is 35.2 Å². The summed E-state index contributed by atoms with van der Waals surface area (Å²) in [6.07, 6.45) is 4.19. The number of anilines is 2. The molecule has 2 atom stereocenters. The number of halogens is 1. The van der Waals surface area contributed by atoms with Crippen molar-refractivity contribution in [1.29, 1.82) is 0 Å². The summed E-state index contributed by atoms with van der Waals surface area (Å²) in [5.74, 6) is 0.145. The van der Waals surface area contributed by atoms with Gasteiger partial charge >= 0.3 is 0 Å². The predicted molar refractivity (Wildman–Crippen MR) is 97.6 cm³/mol. The number of carbonyl (C=O) groups is 1. The maximum Gasteiger partial charge on any atom is 0.231 e. The van der Waals surface area contributed by atoms with E-state index in [1.54, 1.807) is 37.8 Å². The van der Waals surface area contributed by atoms with Crippen LogP contribution in [0.4, 0.5) is 15.9 Å². The minimum absolute atomic E-state index is 0.275. The standard InChI is InChI=1S/C19H17FN4O2/c1-26-17-2-3-22-8-14(17)10-4-11-6-18(23-9-13(11)16(21)5-10)24-19(25)12-7-15(12)20/h2-6,8-9,12,15H,7,21H2,1H3,(H,23,24,25)/t12-,15-/m1/s1. The van der Waals surface area contributed by atoms with Gasteiger partial charge in [-0.1, -0.05) is 0 Å². The summed E-state index contributed by atoms with van der Waals surface area (Å²) >= 11 is 0. The Kier molecular flexibility index (Phi) is 3.91. The predicted octanol–water partition coefficient (Wildman–Crippen LogP) is 3.18. The number of benzene rings is 1. The Hall–Kier alpha value is -3.22. The first-order valence-electron chi connectivity index (χ1n) is 8.19. The summed E-state index contributed by atoms with van der Waals surface area (Å²) < 4.78 is 18.4. The van der Waals surface area contributed by atoms with E-state index >= 15 is 0 Å². The number of fused-ring (bicyclic) bond motifs is 1. The van der Waals surface area contributed by atoms with Crippen molar-refractivity contribution >= 4 is 28.2 Å². The van der Waals surface area contributed by atoms with Crippen LogP contribution in [0.3, 0.4) is 0 Å². The molecule has 0 saturated heterocycles. The Labute approximate surface area is 149 Å². The lowest BCUT2D eigenvalue weighted by atomic mass is 10.0. The van der Waals surface area contributed by atoms with Crippen molar-refractivity contribution in [3.63, 3.8) is 0 Å². The van der Waals surface area contributed by atoms with Gasteiger partial charge in [-0.2, -0.15) is 0 Å². The number of nitrogens with zero attached hydrogens (tertiary/aromatic N) is 2. The average Bonchev–Trinajstić information content (AvgIpc) is 3.38. The molecule has 2 heterocycles. The van der Waals surface area contributed by atoms with Crippen molar-refractivity contribution in [2.45, 2.75) is 12.6 Å². The van der Waals surface area contributed by atoms with E-state index in [0.29, 0.717) is 17.3 Å². The third-order valence-corrected chi connectivity index (χ3v) is 4.48. The van der Waals surface area contributed by atoms with Crippen LogP contribution < -0.4 is 15.8 Å². The highest BCUT2D eigenvalue weighted by Gasteiger charge is 2.43. The molecule has 3 aromatic rings. The van der Waals surface area contributed by atoms with Gasteiger partial charge in [-0.15, -0.1) is 0 Å². The largest absolute Gasteiger partial charge is 0.496 e. The SMILES string of the molecule is COc1ccncc1-c1cc(N)c2cnc(NC(=O)[C@@H]3C[C@H]3F)cc2c1. The monoisotopic (exact) mass is 352 g/mol. The lowest BCUT2D eigenvalue weighted by Crippen LogP contribution is -2.15. The first kappa shape index (κ1) is 16.3. The number of ether oxygens (including phenoxy) is 1. The van der Waals surface area contributed by atoms with Gasteiger partial charge in [0.05, 0.1) is 13.0 Å². The van der Waals surface area contributed by atoms with Gasteiger partial charge in [0.25, 0.3) is 0 Å². The zero-order valence-corrected chi connectivity index (χ0v) is 14.1. The number of alkyl halides is 1. The number of carbonyl (C=O) groups excluding carboxylic acids is 1. The van der Waals surface area contributed by atoms with Crippen LogP contribution in [0, 0.1) is 5.92 Å². The second-order valence-electron chi connectivity index (χ2n) is 6.28. The van der Waals surface area contributed by atoms with E-state index in [-0.39, 0.29) is 12.3 Å². The van der Waals surface area contributed by atoms with Gasteiger partial charge in [-0.05, 0) is 41.6 Å². The topological polar surface area (TPSA) is 90.1 Å². The van der Waals surface area contributed by atoms with Crippen LogP contribution in [0.2, 0.25) is 0 Å². The normalized spacial score (nSPS) is 18.5. The van der Waals surface area contributed by atoms with E-state index in [9.17, 15) is 9.18 Å². The zero-order chi connectivity index (χ0) is 18.3. The number of aromatic nitrogens is 2. The van der Waals surface area contributed by atoms with Crippen LogP contribution in [0.25, 0.3) is 21.9 Å². The lowest BCUT2D eigenvalue weighted by molar-refractivity contribution is -0.117. The molecule has 0 unspecified atom stereocenters. The molecule has 1 aliphatic carbocycles. The van der Waals surface area contributed by atoms with Gasteiger partial charge in [0.1, 0.15) is 17.7 Å². The fraction of sp³-hybridized carbons (Fsp3) is 0.211. The molecule has 6 nitrogen and oxygen atoms in total. The minimum atomic E-state index is -1.05. The van der Waals surface area contributed by atoms with Gasteiger partial charge in [-0.25, -0.2) is 9.37 Å². The molecule has 1 fully saturated rings. The maximum atomic E-state index is 13.0. The van der Waals surface area contributed by atoms with Crippen molar-refractivity contribution in [2.24, 2.45) is 5.92 Å². The van der Waals surface area contributed by atoms with Gasteiger partial charge in [-0.3, -0.25) is 9.78 Å². The third-order valence-electron chi connectivity index (χ3n) is 4.48. The Morgan fingerprint density at radius 2 is 2.15 bits per heavy atom. The molecular weight excluding hydrogens is 335 g/mol. The summed E-state index contributed by atoms with van der Waals surface area (Å²) in [4.78, 5) is 20.3. The first-order chi connectivity index (χ1) is 12.6. The number of pyridine rings is 2. The number of rotatable bonds is 4. The van der Waals surface area contributed by atoms with Crippen molar-refractivity contribution < 1.29 is 13.9 Å². The van der Waals surface area contributed by atoms with E-state index in [1.807, 2.05) is 12.1 Å². The molecule has 132 valence electrons. The van der Waals surface area contributed by atoms with Gasteiger partial charge < -0.3 is 15.8 Å². The van der Waals surface area contributed by atoms with Crippen molar-refractivity contribution in [3.05, 3.63) is 42.9 Å². The number of amides is 1. The molecule has 0 aliphatic heterocycles. The number of nitrogens with two attached hydrogens (primary N) is 1.